The quantitative estimate of drug-likeness (QED) is 0.693. The molecule has 0 N–H and O–H groups in total. The molecule has 0 aromatic carbocycles. The highest BCUT2D eigenvalue weighted by Crippen LogP contribution is 2.21. The average Bonchev–Trinajstić information content (AvgIpc) is 3.21. The van der Waals surface area contributed by atoms with Crippen molar-refractivity contribution in [3.63, 3.8) is 0 Å². The van der Waals surface area contributed by atoms with Crippen LogP contribution in [0.3, 0.4) is 0 Å². The van der Waals surface area contributed by atoms with Crippen LogP contribution in [0, 0.1) is 6.92 Å². The Balaban J connectivity index is 1.49. The van der Waals surface area contributed by atoms with Crippen molar-refractivity contribution in [3.05, 3.63) is 35.2 Å². The normalized spacial score (nSPS) is 15.3. The zero-order valence-electron chi connectivity index (χ0n) is 12.6. The molecule has 4 heterocycles. The van der Waals surface area contributed by atoms with Crippen LogP contribution in [-0.4, -0.2) is 61.8 Å². The Morgan fingerprint density at radius 2 is 2.04 bits per heavy atom. The van der Waals surface area contributed by atoms with Crippen LogP contribution in [0.15, 0.2) is 24.7 Å². The van der Waals surface area contributed by atoms with Gasteiger partial charge in [0.15, 0.2) is 5.65 Å². The van der Waals surface area contributed by atoms with Crippen molar-refractivity contribution in [2.24, 2.45) is 0 Å². The van der Waals surface area contributed by atoms with Crippen LogP contribution >= 0.6 is 11.3 Å². The van der Waals surface area contributed by atoms with Gasteiger partial charge in [-0.3, -0.25) is 4.79 Å². The van der Waals surface area contributed by atoms with Crippen LogP contribution in [0.2, 0.25) is 0 Å². The maximum absolute atomic E-state index is 12.7. The summed E-state index contributed by atoms with van der Waals surface area (Å²) in [5.41, 5.74) is 1.14. The zero-order chi connectivity index (χ0) is 15.8. The average molecular weight is 329 g/mol. The largest absolute Gasteiger partial charge is 0.343 e. The van der Waals surface area contributed by atoms with Crippen LogP contribution in [0.25, 0.3) is 5.65 Å². The molecule has 0 aliphatic carbocycles. The van der Waals surface area contributed by atoms with Gasteiger partial charge in [-0.05, 0) is 13.0 Å². The monoisotopic (exact) mass is 329 g/mol. The molecular weight excluding hydrogens is 314 g/mol. The van der Waals surface area contributed by atoms with E-state index in [-0.39, 0.29) is 5.91 Å². The first-order valence-electron chi connectivity index (χ1n) is 7.35. The molecule has 0 spiro atoms. The van der Waals surface area contributed by atoms with Gasteiger partial charge >= 0.3 is 0 Å². The van der Waals surface area contributed by atoms with Crippen molar-refractivity contribution in [1.29, 1.82) is 0 Å². The van der Waals surface area contributed by atoms with Crippen molar-refractivity contribution >= 4 is 28.0 Å². The van der Waals surface area contributed by atoms with Gasteiger partial charge in [-0.1, -0.05) is 11.3 Å². The highest BCUT2D eigenvalue weighted by molar-refractivity contribution is 7.15. The third-order valence-electron chi connectivity index (χ3n) is 3.86. The van der Waals surface area contributed by atoms with E-state index in [1.54, 1.807) is 40.5 Å². The molecule has 8 nitrogen and oxygen atoms in total. The molecule has 9 heteroatoms. The first-order chi connectivity index (χ1) is 11.2. The van der Waals surface area contributed by atoms with E-state index in [0.29, 0.717) is 24.3 Å². The molecule has 1 amide bonds. The number of fused-ring (bicyclic) bond motifs is 1. The second-order valence-corrected chi connectivity index (χ2v) is 6.49. The van der Waals surface area contributed by atoms with E-state index in [0.717, 1.165) is 23.2 Å². The van der Waals surface area contributed by atoms with E-state index in [9.17, 15) is 4.79 Å². The van der Waals surface area contributed by atoms with E-state index >= 15 is 0 Å². The number of rotatable bonds is 2. The van der Waals surface area contributed by atoms with E-state index in [4.69, 9.17) is 0 Å². The molecule has 23 heavy (non-hydrogen) atoms. The third kappa shape index (κ3) is 2.52. The lowest BCUT2D eigenvalue weighted by atomic mass is 10.2. The summed E-state index contributed by atoms with van der Waals surface area (Å²) in [5, 5.41) is 14.3. The molecule has 0 unspecified atom stereocenters. The van der Waals surface area contributed by atoms with Crippen LogP contribution < -0.4 is 4.90 Å². The Bertz CT molecular complexity index is 850. The van der Waals surface area contributed by atoms with E-state index in [1.807, 2.05) is 11.8 Å². The number of carbonyl (C=O) groups excluding carboxylic acids is 1. The minimum atomic E-state index is -0.0215. The third-order valence-corrected chi connectivity index (χ3v) is 4.76. The Morgan fingerprint density at radius 3 is 2.78 bits per heavy atom. The van der Waals surface area contributed by atoms with Gasteiger partial charge in [0, 0.05) is 38.6 Å². The molecule has 3 aromatic rings. The maximum Gasteiger partial charge on any atom is 0.259 e. The molecule has 0 atom stereocenters. The molecule has 118 valence electrons. The second-order valence-electron chi connectivity index (χ2n) is 5.33. The molecule has 0 bridgehead atoms. The number of carbonyl (C=O) groups is 1. The fourth-order valence-corrected chi connectivity index (χ4v) is 3.40. The molecule has 1 saturated heterocycles. The van der Waals surface area contributed by atoms with Gasteiger partial charge in [-0.25, -0.2) is 9.50 Å². The van der Waals surface area contributed by atoms with Gasteiger partial charge in [0.05, 0.1) is 6.20 Å². The number of hydrogen-bond acceptors (Lipinski definition) is 7. The summed E-state index contributed by atoms with van der Waals surface area (Å²) in [4.78, 5) is 21.0. The van der Waals surface area contributed by atoms with Crippen molar-refractivity contribution in [2.75, 3.05) is 31.1 Å². The first kappa shape index (κ1) is 14.1. The fourth-order valence-electron chi connectivity index (χ4n) is 2.66. The van der Waals surface area contributed by atoms with Gasteiger partial charge in [-0.15, -0.1) is 10.2 Å². The summed E-state index contributed by atoms with van der Waals surface area (Å²) >= 11 is 1.58. The van der Waals surface area contributed by atoms with Crippen molar-refractivity contribution in [3.8, 4) is 0 Å². The molecule has 3 aromatic heterocycles. The number of aromatic nitrogens is 5. The van der Waals surface area contributed by atoms with Crippen LogP contribution in [0.5, 0.6) is 0 Å². The Labute approximate surface area is 136 Å². The van der Waals surface area contributed by atoms with E-state index < -0.39 is 0 Å². The Hall–Kier alpha value is -2.55. The van der Waals surface area contributed by atoms with Crippen molar-refractivity contribution < 1.29 is 4.79 Å². The van der Waals surface area contributed by atoms with E-state index in [2.05, 4.69) is 25.2 Å². The predicted molar refractivity (Wildman–Crippen MR) is 85.7 cm³/mol. The van der Waals surface area contributed by atoms with Crippen molar-refractivity contribution in [2.45, 2.75) is 6.92 Å². The summed E-state index contributed by atoms with van der Waals surface area (Å²) in [7, 11) is 0. The number of anilines is 1. The SMILES string of the molecule is Cc1nnc(N2CCN(C(=O)c3cnn4cccnc34)CC2)s1. The van der Waals surface area contributed by atoms with Crippen LogP contribution in [0.4, 0.5) is 5.13 Å². The highest BCUT2D eigenvalue weighted by Gasteiger charge is 2.26. The standard InChI is InChI=1S/C14H15N7OS/c1-10-17-18-14(23-10)20-7-5-19(6-8-20)13(22)11-9-16-21-4-2-3-15-12(11)21/h2-4,9H,5-8H2,1H3. The van der Waals surface area contributed by atoms with Gasteiger partial charge in [0.2, 0.25) is 5.13 Å². The molecule has 0 radical (unpaired) electrons. The second kappa shape index (κ2) is 5.58. The smallest absolute Gasteiger partial charge is 0.259 e. The number of piperazine rings is 1. The lowest BCUT2D eigenvalue weighted by Crippen LogP contribution is -2.48. The molecule has 1 aliphatic heterocycles. The van der Waals surface area contributed by atoms with Gasteiger partial charge in [0.25, 0.3) is 5.91 Å². The van der Waals surface area contributed by atoms with Crippen LogP contribution in [-0.2, 0) is 0 Å². The summed E-state index contributed by atoms with van der Waals surface area (Å²) in [6.07, 6.45) is 5.05. The zero-order valence-corrected chi connectivity index (χ0v) is 13.4. The summed E-state index contributed by atoms with van der Waals surface area (Å²) in [6, 6.07) is 1.79. The lowest BCUT2D eigenvalue weighted by Gasteiger charge is -2.34. The predicted octanol–water partition coefficient (Wildman–Crippen LogP) is 0.852. The molecule has 4 rings (SSSR count). The molecular formula is C14H15N7OS. The number of amides is 1. The maximum atomic E-state index is 12.7. The first-order valence-corrected chi connectivity index (χ1v) is 8.17. The fraction of sp³-hybridized carbons (Fsp3) is 0.357. The Kier molecular flexibility index (Phi) is 3.41. The van der Waals surface area contributed by atoms with Gasteiger partial charge in [0.1, 0.15) is 10.6 Å². The molecule has 1 aliphatic rings. The number of nitrogens with zero attached hydrogens (tertiary/aromatic N) is 7. The summed E-state index contributed by atoms with van der Waals surface area (Å²) in [6.45, 7) is 4.77. The highest BCUT2D eigenvalue weighted by atomic mass is 32.1. The minimum absolute atomic E-state index is 0.0215. The molecule has 1 fully saturated rings. The van der Waals surface area contributed by atoms with Crippen LogP contribution in [0.1, 0.15) is 15.4 Å². The topological polar surface area (TPSA) is 79.5 Å². The lowest BCUT2D eigenvalue weighted by molar-refractivity contribution is 0.0748. The summed E-state index contributed by atoms with van der Waals surface area (Å²) in [5.74, 6) is -0.0215. The molecule has 0 saturated carbocycles. The van der Waals surface area contributed by atoms with E-state index in [1.165, 1.54) is 0 Å². The van der Waals surface area contributed by atoms with Gasteiger partial charge in [-0.2, -0.15) is 5.10 Å². The Morgan fingerprint density at radius 1 is 1.22 bits per heavy atom. The number of aryl methyl sites for hydroxylation is 1. The minimum Gasteiger partial charge on any atom is -0.343 e. The number of hydrogen-bond donors (Lipinski definition) is 0. The summed E-state index contributed by atoms with van der Waals surface area (Å²) < 4.78 is 1.62. The van der Waals surface area contributed by atoms with Crippen molar-refractivity contribution in [1.82, 2.24) is 29.7 Å². The van der Waals surface area contributed by atoms with Gasteiger partial charge < -0.3 is 9.80 Å².